The molecule has 8 heteroatoms. The summed E-state index contributed by atoms with van der Waals surface area (Å²) in [6, 6.07) is 5.50. The Balaban J connectivity index is 1.46. The number of thiophene rings is 1. The molecule has 2 aromatic rings. The number of hydrogen-bond donors (Lipinski definition) is 1. The first-order valence-corrected chi connectivity index (χ1v) is 9.87. The number of aromatic nitrogens is 4. The van der Waals surface area contributed by atoms with Crippen LogP contribution in [0.2, 0.25) is 0 Å². The summed E-state index contributed by atoms with van der Waals surface area (Å²) in [5, 5.41) is 17.6. The first kappa shape index (κ1) is 16.7. The summed E-state index contributed by atoms with van der Waals surface area (Å²) in [7, 11) is 0. The Morgan fingerprint density at radius 3 is 2.80 bits per heavy atom. The fraction of sp³-hybridized carbons (Fsp3) is 0.647. The van der Waals surface area contributed by atoms with E-state index in [0.29, 0.717) is 18.1 Å². The van der Waals surface area contributed by atoms with Gasteiger partial charge in [-0.3, -0.25) is 9.69 Å². The molecule has 0 aliphatic carbocycles. The molecule has 2 atom stereocenters. The van der Waals surface area contributed by atoms with Gasteiger partial charge in [0.1, 0.15) is 0 Å². The Morgan fingerprint density at radius 2 is 2.12 bits per heavy atom. The van der Waals surface area contributed by atoms with Gasteiger partial charge in [-0.2, -0.15) is 0 Å². The second-order valence-electron chi connectivity index (χ2n) is 7.11. The number of fused-ring (bicyclic) bond motifs is 2. The fourth-order valence-corrected chi connectivity index (χ4v) is 5.00. The Bertz CT molecular complexity index is 701. The summed E-state index contributed by atoms with van der Waals surface area (Å²) in [5.74, 6) is 1.01. The number of carbonyl (C=O) groups excluding carboxylic acids is 1. The van der Waals surface area contributed by atoms with E-state index in [9.17, 15) is 4.79 Å². The van der Waals surface area contributed by atoms with Crippen LogP contribution in [-0.4, -0.2) is 49.1 Å². The van der Waals surface area contributed by atoms with Crippen molar-refractivity contribution in [3.05, 3.63) is 28.2 Å². The van der Waals surface area contributed by atoms with Gasteiger partial charge in [-0.05, 0) is 47.6 Å². The third-order valence-electron chi connectivity index (χ3n) is 5.35. The lowest BCUT2D eigenvalue weighted by atomic mass is 9.81. The van der Waals surface area contributed by atoms with E-state index in [1.54, 1.807) is 18.3 Å². The average molecular weight is 360 g/mol. The summed E-state index contributed by atoms with van der Waals surface area (Å²) < 4.78 is 1.92. The first-order chi connectivity index (χ1) is 12.2. The number of nitrogens with one attached hydrogen (secondary N) is 1. The number of hydrogen-bond acceptors (Lipinski definition) is 6. The molecule has 4 heterocycles. The number of carbonyl (C=O) groups is 1. The SMILES string of the molecule is CC(=O)NC1C[C@@H]2CCC[C@@H](C1)N2Cc1nnnn1Cc1cccs1. The van der Waals surface area contributed by atoms with E-state index < -0.39 is 0 Å². The normalized spacial score (nSPS) is 26.5. The van der Waals surface area contributed by atoms with Crippen LogP contribution in [0.3, 0.4) is 0 Å². The molecule has 2 aliphatic heterocycles. The number of amides is 1. The molecule has 7 nitrogen and oxygen atoms in total. The largest absolute Gasteiger partial charge is 0.353 e. The third kappa shape index (κ3) is 3.74. The Kier molecular flexibility index (Phi) is 4.80. The Hall–Kier alpha value is -1.80. The molecule has 0 aromatic carbocycles. The summed E-state index contributed by atoms with van der Waals surface area (Å²) >= 11 is 1.73. The summed E-state index contributed by atoms with van der Waals surface area (Å²) in [6.07, 6.45) is 5.72. The molecule has 0 radical (unpaired) electrons. The van der Waals surface area contributed by atoms with Crippen molar-refractivity contribution in [2.24, 2.45) is 0 Å². The molecule has 2 fully saturated rings. The van der Waals surface area contributed by atoms with E-state index in [0.717, 1.165) is 31.8 Å². The molecule has 2 aliphatic rings. The Labute approximate surface area is 151 Å². The molecular weight excluding hydrogens is 336 g/mol. The molecule has 25 heavy (non-hydrogen) atoms. The smallest absolute Gasteiger partial charge is 0.217 e. The maximum Gasteiger partial charge on any atom is 0.217 e. The molecule has 0 saturated carbocycles. The highest BCUT2D eigenvalue weighted by Gasteiger charge is 2.39. The van der Waals surface area contributed by atoms with Crippen LogP contribution in [0.5, 0.6) is 0 Å². The summed E-state index contributed by atoms with van der Waals surface area (Å²) in [6.45, 7) is 3.14. The number of nitrogens with zero attached hydrogens (tertiary/aromatic N) is 5. The zero-order chi connectivity index (χ0) is 17.2. The van der Waals surface area contributed by atoms with Gasteiger partial charge in [-0.25, -0.2) is 4.68 Å². The maximum absolute atomic E-state index is 11.4. The van der Waals surface area contributed by atoms with E-state index in [4.69, 9.17) is 0 Å². The van der Waals surface area contributed by atoms with Gasteiger partial charge in [0.2, 0.25) is 5.91 Å². The number of piperidine rings is 2. The lowest BCUT2D eigenvalue weighted by Crippen LogP contribution is -2.56. The lowest BCUT2D eigenvalue weighted by molar-refractivity contribution is -0.120. The van der Waals surface area contributed by atoms with Gasteiger partial charge < -0.3 is 5.32 Å². The van der Waals surface area contributed by atoms with Gasteiger partial charge in [0.25, 0.3) is 0 Å². The van der Waals surface area contributed by atoms with Crippen molar-refractivity contribution >= 4 is 17.2 Å². The second-order valence-corrected chi connectivity index (χ2v) is 8.14. The van der Waals surface area contributed by atoms with Crippen LogP contribution in [0.4, 0.5) is 0 Å². The molecule has 4 rings (SSSR count). The van der Waals surface area contributed by atoms with Gasteiger partial charge >= 0.3 is 0 Å². The highest BCUT2D eigenvalue weighted by molar-refractivity contribution is 7.09. The quantitative estimate of drug-likeness (QED) is 0.880. The van der Waals surface area contributed by atoms with Gasteiger partial charge in [0, 0.05) is 29.9 Å². The third-order valence-corrected chi connectivity index (χ3v) is 6.21. The van der Waals surface area contributed by atoms with Crippen LogP contribution in [0.25, 0.3) is 0 Å². The van der Waals surface area contributed by atoms with Crippen LogP contribution in [0, 0.1) is 0 Å². The molecule has 1 amide bonds. The highest BCUT2D eigenvalue weighted by atomic mass is 32.1. The van der Waals surface area contributed by atoms with Crippen LogP contribution in [-0.2, 0) is 17.9 Å². The summed E-state index contributed by atoms with van der Waals surface area (Å²) in [4.78, 5) is 15.2. The van der Waals surface area contributed by atoms with Crippen molar-refractivity contribution in [2.45, 2.75) is 70.2 Å². The molecule has 2 aromatic heterocycles. The predicted octanol–water partition coefficient (Wildman–Crippen LogP) is 1.80. The van der Waals surface area contributed by atoms with Crippen LogP contribution in [0.15, 0.2) is 17.5 Å². The van der Waals surface area contributed by atoms with Gasteiger partial charge in [0.15, 0.2) is 5.82 Å². The van der Waals surface area contributed by atoms with E-state index in [1.165, 1.54) is 24.1 Å². The van der Waals surface area contributed by atoms with Crippen molar-refractivity contribution in [1.29, 1.82) is 0 Å². The van der Waals surface area contributed by atoms with Crippen LogP contribution >= 0.6 is 11.3 Å². The van der Waals surface area contributed by atoms with Crippen molar-refractivity contribution in [3.63, 3.8) is 0 Å². The molecule has 2 saturated heterocycles. The zero-order valence-corrected chi connectivity index (χ0v) is 15.3. The minimum atomic E-state index is 0.0800. The maximum atomic E-state index is 11.4. The van der Waals surface area contributed by atoms with Crippen molar-refractivity contribution in [2.75, 3.05) is 0 Å². The predicted molar refractivity (Wildman–Crippen MR) is 95.0 cm³/mol. The van der Waals surface area contributed by atoms with Crippen molar-refractivity contribution in [1.82, 2.24) is 30.4 Å². The average Bonchev–Trinajstić information content (AvgIpc) is 3.20. The van der Waals surface area contributed by atoms with Crippen molar-refractivity contribution < 1.29 is 4.79 Å². The molecule has 0 spiro atoms. The lowest BCUT2D eigenvalue weighted by Gasteiger charge is -2.48. The van der Waals surface area contributed by atoms with E-state index in [-0.39, 0.29) is 5.91 Å². The van der Waals surface area contributed by atoms with Crippen LogP contribution in [0.1, 0.15) is 49.7 Å². The number of rotatable bonds is 5. The Morgan fingerprint density at radius 1 is 1.32 bits per heavy atom. The molecule has 2 bridgehead atoms. The zero-order valence-electron chi connectivity index (χ0n) is 14.5. The standard InChI is InChI=1S/C17H24N6OS/c1-12(24)18-13-8-14-4-2-5-15(9-13)22(14)11-17-19-20-21-23(17)10-16-6-3-7-25-16/h3,6-7,13-15H,2,4-5,8-11H2,1H3,(H,18,24)/t14-,15-/m0/s1. The minimum Gasteiger partial charge on any atom is -0.353 e. The van der Waals surface area contributed by atoms with Gasteiger partial charge in [-0.1, -0.05) is 12.5 Å². The van der Waals surface area contributed by atoms with E-state index >= 15 is 0 Å². The fourth-order valence-electron chi connectivity index (χ4n) is 4.31. The van der Waals surface area contributed by atoms with E-state index in [1.807, 2.05) is 4.68 Å². The molecular formula is C17H24N6OS. The van der Waals surface area contributed by atoms with E-state index in [2.05, 4.69) is 43.3 Å². The molecule has 0 unspecified atom stereocenters. The number of tetrazole rings is 1. The van der Waals surface area contributed by atoms with Gasteiger partial charge in [-0.15, -0.1) is 16.4 Å². The topological polar surface area (TPSA) is 75.9 Å². The highest BCUT2D eigenvalue weighted by Crippen LogP contribution is 2.35. The van der Waals surface area contributed by atoms with Crippen molar-refractivity contribution in [3.8, 4) is 0 Å². The molecule has 1 N–H and O–H groups in total. The van der Waals surface area contributed by atoms with Crippen LogP contribution < -0.4 is 5.32 Å². The summed E-state index contributed by atoms with van der Waals surface area (Å²) in [5.41, 5.74) is 0. The monoisotopic (exact) mass is 360 g/mol. The minimum absolute atomic E-state index is 0.0800. The second kappa shape index (κ2) is 7.21. The molecule has 134 valence electrons. The first-order valence-electron chi connectivity index (χ1n) is 8.99. The van der Waals surface area contributed by atoms with Gasteiger partial charge in [0.05, 0.1) is 13.1 Å².